The fourth-order valence-electron chi connectivity index (χ4n) is 5.72. The van der Waals surface area contributed by atoms with E-state index in [1.165, 1.54) is 19.2 Å². The molecule has 3 saturated heterocycles. The summed E-state index contributed by atoms with van der Waals surface area (Å²) in [7, 11) is 1.41. The summed E-state index contributed by atoms with van der Waals surface area (Å²) >= 11 is 1.69. The zero-order valence-electron chi connectivity index (χ0n) is 23.7. The number of carbonyl (C=O) groups excluding carboxylic acids is 2. The van der Waals surface area contributed by atoms with E-state index in [0.717, 1.165) is 11.8 Å². The number of hydrogen-bond donors (Lipinski definition) is 0. The predicted molar refractivity (Wildman–Crippen MR) is 151 cm³/mol. The normalized spacial score (nSPS) is 22.5. The lowest BCUT2D eigenvalue weighted by Crippen LogP contribution is -2.51. The van der Waals surface area contributed by atoms with E-state index in [-0.39, 0.29) is 34.4 Å². The molecule has 1 aromatic carbocycles. The Hall–Kier alpha value is -2.93. The minimum Gasteiger partial charge on any atom is -0.494 e. The van der Waals surface area contributed by atoms with Gasteiger partial charge in [0.15, 0.2) is 0 Å². The minimum absolute atomic E-state index is 0.000429. The number of para-hydroxylation sites is 1. The number of carbonyl (C=O) groups is 2. The molecule has 4 heterocycles. The van der Waals surface area contributed by atoms with Crippen LogP contribution < -0.4 is 9.64 Å². The number of nitrogens with zero attached hydrogens (tertiary/aromatic N) is 5. The smallest absolute Gasteiger partial charge is 0.417 e. The molecule has 0 bridgehead atoms. The molecule has 2 amide bonds. The predicted octanol–water partition coefficient (Wildman–Crippen LogP) is 4.30. The maximum Gasteiger partial charge on any atom is 0.417 e. The highest BCUT2D eigenvalue weighted by Gasteiger charge is 2.45. The van der Waals surface area contributed by atoms with Crippen LogP contribution in [0, 0.1) is 0 Å². The largest absolute Gasteiger partial charge is 0.494 e. The summed E-state index contributed by atoms with van der Waals surface area (Å²) in [6, 6.07) is 4.98. The van der Waals surface area contributed by atoms with E-state index in [4.69, 9.17) is 9.47 Å². The molecule has 2 atom stereocenters. The Bertz CT molecular complexity index is 1290. The average molecular weight is 596 g/mol. The summed E-state index contributed by atoms with van der Waals surface area (Å²) in [5, 5.41) is -0.000429. The van der Waals surface area contributed by atoms with Crippen LogP contribution in [0.5, 0.6) is 5.75 Å². The zero-order valence-corrected chi connectivity index (χ0v) is 24.6. The lowest BCUT2D eigenvalue weighted by atomic mass is 10.1. The fourth-order valence-corrected chi connectivity index (χ4v) is 6.67. The third-order valence-electron chi connectivity index (χ3n) is 7.73. The number of methoxy groups -OCH3 is 1. The molecule has 0 unspecified atom stereocenters. The Labute approximate surface area is 241 Å². The van der Waals surface area contributed by atoms with Gasteiger partial charge in [-0.15, -0.1) is 11.8 Å². The first-order chi connectivity index (χ1) is 19.4. The number of amides is 2. The average Bonchev–Trinajstić information content (AvgIpc) is 3.61. The number of halogens is 3. The molecule has 5 rings (SSSR count). The zero-order chi connectivity index (χ0) is 29.5. The minimum atomic E-state index is -4.55. The Kier molecular flexibility index (Phi) is 8.21. The molecule has 3 fully saturated rings. The van der Waals surface area contributed by atoms with E-state index >= 15 is 0 Å². The van der Waals surface area contributed by atoms with Gasteiger partial charge >= 0.3 is 12.3 Å². The van der Waals surface area contributed by atoms with Gasteiger partial charge in [0, 0.05) is 56.4 Å². The highest BCUT2D eigenvalue weighted by Crippen LogP contribution is 2.39. The van der Waals surface area contributed by atoms with Crippen molar-refractivity contribution in [3.63, 3.8) is 0 Å². The monoisotopic (exact) mass is 595 g/mol. The number of aromatic nitrogens is 1. The maximum absolute atomic E-state index is 14.0. The summed E-state index contributed by atoms with van der Waals surface area (Å²) in [6.45, 7) is 8.43. The highest BCUT2D eigenvalue weighted by molar-refractivity contribution is 7.99. The van der Waals surface area contributed by atoms with E-state index in [1.54, 1.807) is 48.4 Å². The molecule has 0 aliphatic carbocycles. The molecule has 0 spiro atoms. The molecular formula is C28H36F3N5O4S. The van der Waals surface area contributed by atoms with Gasteiger partial charge in [0.2, 0.25) is 5.91 Å². The van der Waals surface area contributed by atoms with Crippen molar-refractivity contribution >= 4 is 40.5 Å². The van der Waals surface area contributed by atoms with Crippen LogP contribution in [0.25, 0.3) is 10.9 Å². The van der Waals surface area contributed by atoms with Crippen LogP contribution in [0.15, 0.2) is 24.3 Å². The van der Waals surface area contributed by atoms with Crippen molar-refractivity contribution in [3.05, 3.63) is 29.8 Å². The number of alkyl halides is 3. The molecular weight excluding hydrogens is 559 g/mol. The second-order valence-electron chi connectivity index (χ2n) is 11.6. The number of ether oxygens (including phenoxy) is 2. The second-order valence-corrected chi connectivity index (χ2v) is 12.7. The summed E-state index contributed by atoms with van der Waals surface area (Å²) in [5.41, 5.74) is -1.26. The molecule has 41 heavy (non-hydrogen) atoms. The lowest BCUT2D eigenvalue weighted by molar-refractivity contribution is -0.136. The van der Waals surface area contributed by atoms with Crippen molar-refractivity contribution in [1.29, 1.82) is 0 Å². The molecule has 3 aliphatic rings. The first-order valence-corrected chi connectivity index (χ1v) is 14.9. The highest BCUT2D eigenvalue weighted by atomic mass is 32.2. The van der Waals surface area contributed by atoms with Gasteiger partial charge in [0.1, 0.15) is 28.7 Å². The van der Waals surface area contributed by atoms with E-state index in [2.05, 4.69) is 9.88 Å². The number of piperazine rings is 1. The summed E-state index contributed by atoms with van der Waals surface area (Å²) in [5.74, 6) is 1.96. The van der Waals surface area contributed by atoms with E-state index in [9.17, 15) is 22.8 Å². The molecule has 3 aliphatic heterocycles. The number of hydrogen-bond acceptors (Lipinski definition) is 8. The molecule has 0 N–H and O–H groups in total. The van der Waals surface area contributed by atoms with Crippen molar-refractivity contribution in [2.24, 2.45) is 0 Å². The maximum atomic E-state index is 14.0. The molecule has 9 nitrogen and oxygen atoms in total. The van der Waals surface area contributed by atoms with Crippen molar-refractivity contribution in [1.82, 2.24) is 19.7 Å². The number of rotatable bonds is 4. The van der Waals surface area contributed by atoms with Crippen molar-refractivity contribution in [3.8, 4) is 5.75 Å². The van der Waals surface area contributed by atoms with Crippen LogP contribution in [0.1, 0.15) is 32.8 Å². The van der Waals surface area contributed by atoms with Crippen LogP contribution in [0.4, 0.5) is 23.8 Å². The van der Waals surface area contributed by atoms with Gasteiger partial charge in [0.25, 0.3) is 0 Å². The van der Waals surface area contributed by atoms with Gasteiger partial charge in [-0.25, -0.2) is 9.78 Å². The SMILES string of the molecule is COc1cccc2c(C(F)(F)F)cc(N3CCN([C@H]4C[C@@H](C(=O)N5CCSC5)N(C(=O)OC(C)(C)C)C4)CC3)nc12. The molecule has 13 heteroatoms. The van der Waals surface area contributed by atoms with Crippen LogP contribution in [0.3, 0.4) is 0 Å². The lowest BCUT2D eigenvalue weighted by Gasteiger charge is -2.38. The summed E-state index contributed by atoms with van der Waals surface area (Å²) in [6.07, 6.45) is -4.56. The Balaban J connectivity index is 1.33. The van der Waals surface area contributed by atoms with E-state index < -0.39 is 29.5 Å². The molecule has 0 radical (unpaired) electrons. The van der Waals surface area contributed by atoms with Gasteiger partial charge in [-0.3, -0.25) is 14.6 Å². The molecule has 1 aromatic heterocycles. The van der Waals surface area contributed by atoms with Gasteiger partial charge in [-0.1, -0.05) is 12.1 Å². The third-order valence-corrected chi connectivity index (χ3v) is 8.69. The van der Waals surface area contributed by atoms with E-state index in [1.807, 2.05) is 4.90 Å². The quantitative estimate of drug-likeness (QED) is 0.518. The van der Waals surface area contributed by atoms with Gasteiger partial charge in [-0.05, 0) is 39.3 Å². The second kappa shape index (κ2) is 11.4. The molecule has 2 aromatic rings. The van der Waals surface area contributed by atoms with Crippen LogP contribution >= 0.6 is 11.8 Å². The summed E-state index contributed by atoms with van der Waals surface area (Å²) in [4.78, 5) is 38.5. The van der Waals surface area contributed by atoms with Crippen molar-refractivity contribution in [2.45, 2.75) is 51.1 Å². The van der Waals surface area contributed by atoms with Crippen LogP contribution in [0.2, 0.25) is 0 Å². The first-order valence-electron chi connectivity index (χ1n) is 13.8. The van der Waals surface area contributed by atoms with Gasteiger partial charge in [-0.2, -0.15) is 13.2 Å². The molecule has 0 saturated carbocycles. The van der Waals surface area contributed by atoms with E-state index in [0.29, 0.717) is 51.6 Å². The number of likely N-dealkylation sites (tertiary alicyclic amines) is 1. The Morgan fingerprint density at radius 3 is 2.41 bits per heavy atom. The standard InChI is InChI=1S/C28H36F3N5O4S/c1-27(2,3)40-26(38)36-16-18(14-21(36)25(37)35-12-13-41-17-35)33-8-10-34(11-9-33)23-15-20(28(29,30)31)19-6-5-7-22(39-4)24(19)32-23/h5-7,15,18,21H,8-14,16-17H2,1-4H3/t18-,21-/m0/s1. The van der Waals surface area contributed by atoms with Gasteiger partial charge < -0.3 is 19.3 Å². The van der Waals surface area contributed by atoms with Crippen molar-refractivity contribution < 1.29 is 32.2 Å². The number of benzene rings is 1. The Morgan fingerprint density at radius 1 is 1.07 bits per heavy atom. The Morgan fingerprint density at radius 2 is 1.80 bits per heavy atom. The first kappa shape index (κ1) is 29.6. The summed E-state index contributed by atoms with van der Waals surface area (Å²) < 4.78 is 53.0. The third kappa shape index (κ3) is 6.30. The van der Waals surface area contributed by atoms with Crippen LogP contribution in [-0.4, -0.2) is 107 Å². The topological polar surface area (TPSA) is 78.5 Å². The van der Waals surface area contributed by atoms with Crippen molar-refractivity contribution in [2.75, 3.05) is 62.9 Å². The van der Waals surface area contributed by atoms with Gasteiger partial charge in [0.05, 0.1) is 18.6 Å². The molecule has 224 valence electrons. The van der Waals surface area contributed by atoms with Crippen LogP contribution in [-0.2, 0) is 15.7 Å². The number of anilines is 1. The number of fused-ring (bicyclic) bond motifs is 1. The fraction of sp³-hybridized carbons (Fsp3) is 0.607. The number of thioether (sulfide) groups is 1. The number of pyridine rings is 1.